The molecule has 4 heteroatoms. The first kappa shape index (κ1) is 20.4. The summed E-state index contributed by atoms with van der Waals surface area (Å²) < 4.78 is 12.3. The number of esters is 2. The summed E-state index contributed by atoms with van der Waals surface area (Å²) >= 11 is 0. The van der Waals surface area contributed by atoms with Crippen molar-refractivity contribution in [3.05, 3.63) is 143 Å². The van der Waals surface area contributed by atoms with Crippen LogP contribution in [0, 0.1) is 0 Å². The highest BCUT2D eigenvalue weighted by molar-refractivity contribution is 5.90. The Bertz CT molecular complexity index is 1210. The first-order chi connectivity index (χ1) is 16.7. The molecule has 34 heavy (non-hydrogen) atoms. The summed E-state index contributed by atoms with van der Waals surface area (Å²) in [6.45, 7) is 0. The number of benzene rings is 4. The van der Waals surface area contributed by atoms with Crippen molar-refractivity contribution in [3.8, 4) is 0 Å². The van der Waals surface area contributed by atoms with Gasteiger partial charge in [0.15, 0.2) is 12.2 Å². The van der Waals surface area contributed by atoms with E-state index in [9.17, 15) is 9.59 Å². The van der Waals surface area contributed by atoms with Crippen LogP contribution in [0.25, 0.3) is 0 Å². The third-order valence-corrected chi connectivity index (χ3v) is 6.82. The molecule has 0 saturated carbocycles. The number of hydrogen-bond donors (Lipinski definition) is 0. The van der Waals surface area contributed by atoms with Crippen LogP contribution in [0.4, 0.5) is 0 Å². The fraction of sp³-hybridized carbons (Fsp3) is 0.133. The van der Waals surface area contributed by atoms with Crippen molar-refractivity contribution in [3.63, 3.8) is 0 Å². The number of fused-ring (bicyclic) bond motifs is 1. The molecule has 0 spiro atoms. The van der Waals surface area contributed by atoms with E-state index < -0.39 is 24.1 Å². The number of carbonyl (C=O) groups is 2. The van der Waals surface area contributed by atoms with E-state index in [1.807, 2.05) is 36.4 Å². The molecule has 0 fully saturated rings. The number of ether oxygens (including phenoxy) is 2. The molecule has 0 N–H and O–H groups in total. The molecule has 0 heterocycles. The Hall–Kier alpha value is -4.18. The zero-order valence-electron chi connectivity index (χ0n) is 18.3. The second-order valence-electron chi connectivity index (χ2n) is 8.69. The van der Waals surface area contributed by atoms with Crippen molar-refractivity contribution in [2.24, 2.45) is 0 Å². The predicted octanol–water partition coefficient (Wildman–Crippen LogP) is 5.73. The Morgan fingerprint density at radius 1 is 0.441 bits per heavy atom. The summed E-state index contributed by atoms with van der Waals surface area (Å²) in [6, 6.07) is 34.2. The Morgan fingerprint density at radius 2 is 0.735 bits per heavy atom. The maximum atomic E-state index is 13.2. The van der Waals surface area contributed by atoms with Crippen LogP contribution in [-0.4, -0.2) is 24.1 Å². The smallest absolute Gasteiger partial charge is 0.338 e. The van der Waals surface area contributed by atoms with Gasteiger partial charge in [0.1, 0.15) is 0 Å². The quantitative estimate of drug-likeness (QED) is 0.376. The van der Waals surface area contributed by atoms with E-state index in [4.69, 9.17) is 9.47 Å². The molecule has 3 aliphatic rings. The lowest BCUT2D eigenvalue weighted by Crippen LogP contribution is -2.51. The van der Waals surface area contributed by atoms with Gasteiger partial charge in [0, 0.05) is 0 Å². The average Bonchev–Trinajstić information content (AvgIpc) is 2.90. The fourth-order valence-electron chi connectivity index (χ4n) is 5.38. The molecular weight excluding hydrogens is 424 g/mol. The lowest BCUT2D eigenvalue weighted by Gasteiger charge is -2.49. The summed E-state index contributed by atoms with van der Waals surface area (Å²) in [5, 5.41) is 0. The van der Waals surface area contributed by atoms with Gasteiger partial charge in [-0.15, -0.1) is 0 Å². The summed E-state index contributed by atoms with van der Waals surface area (Å²) in [5.74, 6) is -1.29. The van der Waals surface area contributed by atoms with Gasteiger partial charge in [-0.3, -0.25) is 0 Å². The largest absolute Gasteiger partial charge is 0.454 e. The van der Waals surface area contributed by atoms with E-state index in [2.05, 4.69) is 24.3 Å². The third kappa shape index (κ3) is 3.30. The summed E-state index contributed by atoms with van der Waals surface area (Å²) in [5.41, 5.74) is 5.40. The topological polar surface area (TPSA) is 52.6 Å². The molecule has 2 atom stereocenters. The zero-order chi connectivity index (χ0) is 23.1. The molecule has 166 valence electrons. The highest BCUT2D eigenvalue weighted by Gasteiger charge is 2.53. The standard InChI is InChI=1S/C30H22O4/c31-29(19-11-3-1-4-12-19)33-27-25-21-15-7-9-17-23(21)26(24-18-10-8-16-22(24)25)28(27)34-30(32)20-13-5-2-6-14-20/h1-18,25-28H/t25-,26-,27?,28?. The maximum absolute atomic E-state index is 13.2. The van der Waals surface area contributed by atoms with Crippen molar-refractivity contribution >= 4 is 11.9 Å². The van der Waals surface area contributed by atoms with E-state index in [0.29, 0.717) is 11.1 Å². The van der Waals surface area contributed by atoms with Gasteiger partial charge in [0.25, 0.3) is 0 Å². The summed E-state index contributed by atoms with van der Waals surface area (Å²) in [4.78, 5) is 26.3. The molecule has 0 aromatic heterocycles. The lowest BCUT2D eigenvalue weighted by atomic mass is 9.61. The van der Waals surface area contributed by atoms with E-state index in [1.165, 1.54) is 0 Å². The number of hydrogen-bond acceptors (Lipinski definition) is 4. The van der Waals surface area contributed by atoms with Gasteiger partial charge >= 0.3 is 11.9 Å². The minimum atomic E-state index is -0.643. The molecule has 4 aromatic carbocycles. The van der Waals surface area contributed by atoms with Crippen LogP contribution in [0.15, 0.2) is 109 Å². The molecule has 0 amide bonds. The molecule has 4 nitrogen and oxygen atoms in total. The van der Waals surface area contributed by atoms with E-state index in [0.717, 1.165) is 22.3 Å². The molecule has 7 rings (SSSR count). The van der Waals surface area contributed by atoms with Gasteiger partial charge in [-0.2, -0.15) is 0 Å². The minimum absolute atomic E-state index is 0.223. The van der Waals surface area contributed by atoms with E-state index in [-0.39, 0.29) is 11.8 Å². The lowest BCUT2D eigenvalue weighted by molar-refractivity contribution is -0.0557. The SMILES string of the molecule is O=C(OC1C(OC(=O)c2ccccc2)[C@H]2c3ccccc3[C@H]1c1ccccc12)c1ccccc1. The van der Waals surface area contributed by atoms with Crippen molar-refractivity contribution in [2.45, 2.75) is 24.0 Å². The summed E-state index contributed by atoms with van der Waals surface area (Å²) in [6.07, 6.45) is -1.29. The van der Waals surface area contributed by atoms with E-state index >= 15 is 0 Å². The van der Waals surface area contributed by atoms with E-state index in [1.54, 1.807) is 48.5 Å². The number of carbonyl (C=O) groups excluding carboxylic acids is 2. The minimum Gasteiger partial charge on any atom is -0.454 e. The maximum Gasteiger partial charge on any atom is 0.338 e. The van der Waals surface area contributed by atoms with Gasteiger partial charge < -0.3 is 9.47 Å². The fourth-order valence-corrected chi connectivity index (χ4v) is 5.38. The Balaban J connectivity index is 1.46. The molecule has 3 aliphatic carbocycles. The van der Waals surface area contributed by atoms with Crippen LogP contribution in [0.5, 0.6) is 0 Å². The van der Waals surface area contributed by atoms with Gasteiger partial charge in [-0.05, 0) is 46.5 Å². The van der Waals surface area contributed by atoms with Crippen LogP contribution < -0.4 is 0 Å². The second kappa shape index (κ2) is 8.31. The first-order valence-corrected chi connectivity index (χ1v) is 11.4. The van der Waals surface area contributed by atoms with Gasteiger partial charge in [0.05, 0.1) is 23.0 Å². The Morgan fingerprint density at radius 3 is 1.06 bits per heavy atom. The normalized spacial score (nSPS) is 21.8. The van der Waals surface area contributed by atoms with Crippen LogP contribution in [0.3, 0.4) is 0 Å². The van der Waals surface area contributed by atoms with Crippen molar-refractivity contribution in [2.75, 3.05) is 0 Å². The molecule has 0 radical (unpaired) electrons. The van der Waals surface area contributed by atoms with Crippen LogP contribution in [-0.2, 0) is 9.47 Å². The first-order valence-electron chi connectivity index (χ1n) is 11.4. The van der Waals surface area contributed by atoms with Crippen LogP contribution in [0.1, 0.15) is 54.8 Å². The van der Waals surface area contributed by atoms with Gasteiger partial charge in [0.2, 0.25) is 0 Å². The Labute approximate surface area is 197 Å². The molecule has 4 aromatic rings. The van der Waals surface area contributed by atoms with Crippen LogP contribution >= 0.6 is 0 Å². The zero-order valence-corrected chi connectivity index (χ0v) is 18.3. The molecule has 0 aliphatic heterocycles. The summed E-state index contributed by atoms with van der Waals surface area (Å²) in [7, 11) is 0. The second-order valence-corrected chi connectivity index (χ2v) is 8.69. The third-order valence-electron chi connectivity index (χ3n) is 6.82. The highest BCUT2D eigenvalue weighted by Crippen LogP contribution is 2.54. The van der Waals surface area contributed by atoms with Crippen molar-refractivity contribution in [1.29, 1.82) is 0 Å². The predicted molar refractivity (Wildman–Crippen MR) is 128 cm³/mol. The number of rotatable bonds is 4. The average molecular weight is 447 g/mol. The Kier molecular flexibility index (Phi) is 4.99. The van der Waals surface area contributed by atoms with Crippen LogP contribution in [0.2, 0.25) is 0 Å². The molecule has 2 unspecified atom stereocenters. The highest BCUT2D eigenvalue weighted by atomic mass is 16.6. The van der Waals surface area contributed by atoms with Crippen molar-refractivity contribution < 1.29 is 19.1 Å². The van der Waals surface area contributed by atoms with Gasteiger partial charge in [-0.1, -0.05) is 84.9 Å². The van der Waals surface area contributed by atoms with Crippen molar-refractivity contribution in [1.82, 2.24) is 0 Å². The molecule has 2 bridgehead atoms. The molecular formula is C30H22O4. The monoisotopic (exact) mass is 446 g/mol. The molecule has 0 saturated heterocycles. The van der Waals surface area contributed by atoms with Gasteiger partial charge in [-0.25, -0.2) is 9.59 Å².